The zero-order valence-corrected chi connectivity index (χ0v) is 11.5. The minimum Gasteiger partial charge on any atom is -0.459 e. The van der Waals surface area contributed by atoms with Crippen molar-refractivity contribution in [1.82, 2.24) is 30.5 Å². The van der Waals surface area contributed by atoms with Gasteiger partial charge in [-0.15, -0.1) is 5.10 Å². The average Bonchev–Trinajstić information content (AvgIpc) is 3.25. The van der Waals surface area contributed by atoms with Crippen LogP contribution in [0.3, 0.4) is 0 Å². The summed E-state index contributed by atoms with van der Waals surface area (Å²) in [5, 5.41) is 13.9. The van der Waals surface area contributed by atoms with Crippen LogP contribution in [0.25, 0.3) is 11.7 Å². The average molecular weight is 303 g/mol. The van der Waals surface area contributed by atoms with Crippen LogP contribution in [0.4, 0.5) is 0 Å². The summed E-state index contributed by atoms with van der Waals surface area (Å²) >= 11 is 0. The first-order valence-corrected chi connectivity index (χ1v) is 6.51. The zero-order chi connectivity index (χ0) is 15.4. The molecule has 0 fully saturated rings. The van der Waals surface area contributed by atoms with E-state index in [4.69, 9.17) is 14.7 Å². The molecule has 1 amide bonds. The van der Waals surface area contributed by atoms with Crippen molar-refractivity contribution >= 4 is 5.91 Å². The highest BCUT2D eigenvalue weighted by Gasteiger charge is 2.14. The van der Waals surface area contributed by atoms with E-state index in [2.05, 4.69) is 25.8 Å². The number of amides is 1. The summed E-state index contributed by atoms with van der Waals surface area (Å²) in [5.41, 5.74) is 5.60. The highest BCUT2D eigenvalue weighted by Crippen LogP contribution is 2.16. The lowest BCUT2D eigenvalue weighted by Gasteiger charge is -1.97. The molecular formula is C12H13N7O3. The summed E-state index contributed by atoms with van der Waals surface area (Å²) in [4.78, 5) is 16.0. The predicted octanol–water partition coefficient (Wildman–Crippen LogP) is -0.190. The molecule has 0 aliphatic rings. The summed E-state index contributed by atoms with van der Waals surface area (Å²) in [7, 11) is 0. The molecule has 0 unspecified atom stereocenters. The highest BCUT2D eigenvalue weighted by atomic mass is 16.5. The fourth-order valence-electron chi connectivity index (χ4n) is 1.72. The van der Waals surface area contributed by atoms with Crippen LogP contribution in [0, 0.1) is 0 Å². The normalized spacial score (nSPS) is 10.8. The van der Waals surface area contributed by atoms with Gasteiger partial charge in [0.1, 0.15) is 0 Å². The number of rotatable bonds is 6. The van der Waals surface area contributed by atoms with Gasteiger partial charge < -0.3 is 20.0 Å². The fourth-order valence-corrected chi connectivity index (χ4v) is 1.72. The van der Waals surface area contributed by atoms with Gasteiger partial charge in [0.15, 0.2) is 17.3 Å². The molecule has 0 bridgehead atoms. The van der Waals surface area contributed by atoms with Gasteiger partial charge in [-0.2, -0.15) is 4.98 Å². The molecular weight excluding hydrogens is 290 g/mol. The van der Waals surface area contributed by atoms with Crippen LogP contribution in [0.15, 0.2) is 33.5 Å². The summed E-state index contributed by atoms with van der Waals surface area (Å²) < 4.78 is 11.7. The van der Waals surface area contributed by atoms with Crippen LogP contribution in [0.1, 0.15) is 16.3 Å². The maximum Gasteiger partial charge on any atom is 0.293 e. The van der Waals surface area contributed by atoms with Crippen molar-refractivity contribution in [2.24, 2.45) is 5.73 Å². The molecule has 3 aromatic rings. The van der Waals surface area contributed by atoms with Crippen LogP contribution >= 0.6 is 0 Å². The molecule has 0 aromatic carbocycles. The molecule has 22 heavy (non-hydrogen) atoms. The molecule has 3 N–H and O–H groups in total. The lowest BCUT2D eigenvalue weighted by Crippen LogP contribution is -2.23. The molecule has 0 radical (unpaired) electrons. The lowest BCUT2D eigenvalue weighted by atomic mass is 10.4. The third kappa shape index (κ3) is 3.01. The molecule has 0 atom stereocenters. The topological polar surface area (TPSA) is 138 Å². The van der Waals surface area contributed by atoms with E-state index in [1.807, 2.05) is 0 Å². The van der Waals surface area contributed by atoms with Gasteiger partial charge in [0, 0.05) is 6.54 Å². The van der Waals surface area contributed by atoms with Crippen LogP contribution in [0.2, 0.25) is 0 Å². The van der Waals surface area contributed by atoms with Crippen LogP contribution in [0.5, 0.6) is 0 Å². The Morgan fingerprint density at radius 1 is 1.45 bits per heavy atom. The van der Waals surface area contributed by atoms with Crippen LogP contribution in [-0.2, 0) is 13.1 Å². The molecule has 10 nitrogen and oxygen atoms in total. The van der Waals surface area contributed by atoms with Gasteiger partial charge in [-0.3, -0.25) is 9.48 Å². The Hall–Kier alpha value is -3.01. The van der Waals surface area contributed by atoms with Crippen molar-refractivity contribution in [2.75, 3.05) is 6.54 Å². The number of nitrogens with two attached hydrogens (primary N) is 1. The van der Waals surface area contributed by atoms with Gasteiger partial charge >= 0.3 is 0 Å². The van der Waals surface area contributed by atoms with E-state index in [1.165, 1.54) is 17.1 Å². The number of hydrogen-bond acceptors (Lipinski definition) is 8. The highest BCUT2D eigenvalue weighted by molar-refractivity contribution is 5.91. The van der Waals surface area contributed by atoms with Crippen molar-refractivity contribution < 1.29 is 13.7 Å². The molecule has 0 spiro atoms. The van der Waals surface area contributed by atoms with Gasteiger partial charge in [0.2, 0.25) is 0 Å². The van der Waals surface area contributed by atoms with E-state index >= 15 is 0 Å². The Morgan fingerprint density at radius 3 is 3.14 bits per heavy atom. The molecule has 3 heterocycles. The first-order valence-electron chi connectivity index (χ1n) is 6.51. The quantitative estimate of drug-likeness (QED) is 0.639. The van der Waals surface area contributed by atoms with Crippen molar-refractivity contribution in [3.63, 3.8) is 0 Å². The number of carbonyl (C=O) groups is 1. The maximum atomic E-state index is 11.9. The summed E-state index contributed by atoms with van der Waals surface area (Å²) in [6.45, 7) is 1.02. The molecule has 0 aliphatic carbocycles. The minimum atomic E-state index is -0.382. The number of nitrogens with one attached hydrogen (secondary N) is 1. The zero-order valence-electron chi connectivity index (χ0n) is 11.5. The van der Waals surface area contributed by atoms with E-state index in [-0.39, 0.29) is 24.0 Å². The molecule has 3 aromatic heterocycles. The molecule has 0 saturated carbocycles. The van der Waals surface area contributed by atoms with Crippen LogP contribution in [-0.4, -0.2) is 37.6 Å². The number of furan rings is 1. The van der Waals surface area contributed by atoms with Gasteiger partial charge in [-0.05, 0) is 12.1 Å². The van der Waals surface area contributed by atoms with Crippen LogP contribution < -0.4 is 11.1 Å². The monoisotopic (exact) mass is 303 g/mol. The first kappa shape index (κ1) is 13.9. The Kier molecular flexibility index (Phi) is 3.92. The third-order valence-corrected chi connectivity index (χ3v) is 2.74. The molecule has 3 rings (SSSR count). The Labute approximate surface area is 124 Å². The van der Waals surface area contributed by atoms with E-state index in [9.17, 15) is 4.79 Å². The Morgan fingerprint density at radius 2 is 2.36 bits per heavy atom. The fraction of sp³-hybridized carbons (Fsp3) is 0.250. The predicted molar refractivity (Wildman–Crippen MR) is 72.2 cm³/mol. The molecule has 10 heteroatoms. The van der Waals surface area contributed by atoms with Crippen molar-refractivity contribution in [3.8, 4) is 11.7 Å². The first-order chi connectivity index (χ1) is 10.8. The van der Waals surface area contributed by atoms with Gasteiger partial charge in [0.05, 0.1) is 25.5 Å². The van der Waals surface area contributed by atoms with E-state index in [0.717, 1.165) is 0 Å². The second-order valence-electron chi connectivity index (χ2n) is 4.33. The number of carbonyl (C=O) groups excluding carboxylic acids is 1. The lowest BCUT2D eigenvalue weighted by molar-refractivity contribution is 0.0944. The van der Waals surface area contributed by atoms with E-state index in [1.54, 1.807) is 12.1 Å². The summed E-state index contributed by atoms with van der Waals surface area (Å²) in [6, 6.07) is 3.41. The summed E-state index contributed by atoms with van der Waals surface area (Å²) in [5.74, 6) is 0.666. The number of aromatic nitrogens is 5. The maximum absolute atomic E-state index is 11.9. The van der Waals surface area contributed by atoms with Gasteiger partial charge in [-0.1, -0.05) is 10.4 Å². The minimum absolute atomic E-state index is 0.104. The van der Waals surface area contributed by atoms with Crippen molar-refractivity contribution in [3.05, 3.63) is 36.1 Å². The number of hydrogen-bond donors (Lipinski definition) is 2. The van der Waals surface area contributed by atoms with E-state index in [0.29, 0.717) is 24.7 Å². The Balaban J connectivity index is 1.58. The summed E-state index contributed by atoms with van der Waals surface area (Å²) in [6.07, 6.45) is 3.03. The SMILES string of the molecule is NCCn1cc(C(=O)NCc2noc(-c3ccco3)n2)nn1. The second kappa shape index (κ2) is 6.18. The molecule has 0 aliphatic heterocycles. The molecule has 0 saturated heterocycles. The molecule has 114 valence electrons. The largest absolute Gasteiger partial charge is 0.459 e. The van der Waals surface area contributed by atoms with Gasteiger partial charge in [0.25, 0.3) is 11.8 Å². The standard InChI is InChI=1S/C12H13N7O3/c13-3-4-19-7-8(16-18-19)11(20)14-6-10-15-12(22-17-10)9-2-1-5-21-9/h1-2,5,7H,3-4,6,13H2,(H,14,20). The number of nitrogens with zero attached hydrogens (tertiary/aromatic N) is 5. The van der Waals surface area contributed by atoms with Crippen molar-refractivity contribution in [2.45, 2.75) is 13.1 Å². The van der Waals surface area contributed by atoms with E-state index < -0.39 is 0 Å². The third-order valence-electron chi connectivity index (χ3n) is 2.74. The second-order valence-corrected chi connectivity index (χ2v) is 4.33. The van der Waals surface area contributed by atoms with Gasteiger partial charge in [-0.25, -0.2) is 0 Å². The Bertz CT molecular complexity index is 746. The van der Waals surface area contributed by atoms with Crippen molar-refractivity contribution in [1.29, 1.82) is 0 Å². The smallest absolute Gasteiger partial charge is 0.293 e.